The second-order valence-electron chi connectivity index (χ2n) is 11.7. The van der Waals surface area contributed by atoms with Gasteiger partial charge in [-0.25, -0.2) is 4.98 Å². The first-order valence-corrected chi connectivity index (χ1v) is 16.1. The Kier molecular flexibility index (Phi) is 11.6. The van der Waals surface area contributed by atoms with Gasteiger partial charge in [-0.2, -0.15) is 0 Å². The zero-order valence-corrected chi connectivity index (χ0v) is 28.0. The van der Waals surface area contributed by atoms with Crippen LogP contribution in [0.5, 0.6) is 11.5 Å². The average Bonchev–Trinajstić information content (AvgIpc) is 3.13. The molecule has 4 aromatic carbocycles. The number of benzene rings is 4. The molecule has 1 heterocycles. The second kappa shape index (κ2) is 16.4. The highest BCUT2D eigenvalue weighted by atomic mass is 16.7. The van der Waals surface area contributed by atoms with Crippen LogP contribution in [0.1, 0.15) is 54.7 Å². The SMILES string of the molecule is COc1ccnc(C(=O)C[C@@H](C)C(=O)O[C@@H](C)C(c2ccc(-c3ccccc3)cc2)c2ccc(-c3ccccc3)cc2)c1OCOC(C)=O. The molecule has 0 aliphatic heterocycles. The summed E-state index contributed by atoms with van der Waals surface area (Å²) in [4.78, 5) is 42.3. The monoisotopic (exact) mass is 657 g/mol. The summed E-state index contributed by atoms with van der Waals surface area (Å²) in [6, 6.07) is 38.4. The lowest BCUT2D eigenvalue weighted by Crippen LogP contribution is -2.28. The van der Waals surface area contributed by atoms with E-state index < -0.39 is 36.5 Å². The van der Waals surface area contributed by atoms with E-state index >= 15 is 0 Å². The number of carbonyl (C=O) groups is 3. The highest BCUT2D eigenvalue weighted by Gasteiger charge is 2.29. The van der Waals surface area contributed by atoms with Crippen molar-refractivity contribution in [2.75, 3.05) is 13.9 Å². The lowest BCUT2D eigenvalue weighted by Gasteiger charge is -2.27. The molecule has 250 valence electrons. The molecule has 0 aliphatic carbocycles. The number of aromatic nitrogens is 1. The fourth-order valence-electron chi connectivity index (χ4n) is 5.69. The van der Waals surface area contributed by atoms with E-state index in [-0.39, 0.29) is 29.5 Å². The molecule has 5 aromatic rings. The molecule has 0 unspecified atom stereocenters. The summed E-state index contributed by atoms with van der Waals surface area (Å²) in [5.74, 6) is -2.29. The number of rotatable bonds is 14. The maximum atomic E-state index is 13.5. The molecule has 1 aromatic heterocycles. The zero-order chi connectivity index (χ0) is 34.8. The molecule has 8 nitrogen and oxygen atoms in total. The van der Waals surface area contributed by atoms with Gasteiger partial charge in [-0.05, 0) is 40.3 Å². The summed E-state index contributed by atoms with van der Waals surface area (Å²) in [6.45, 7) is 4.34. The number of pyridine rings is 1. The Labute approximate surface area is 286 Å². The van der Waals surface area contributed by atoms with E-state index in [1.807, 2.05) is 43.3 Å². The Morgan fingerprint density at radius 3 is 1.69 bits per heavy atom. The van der Waals surface area contributed by atoms with E-state index in [0.29, 0.717) is 0 Å². The summed E-state index contributed by atoms with van der Waals surface area (Å²) < 4.78 is 21.8. The standard InChI is InChI=1S/C41H39NO7/c1-27(25-36(44)39-40(48-26-47-29(3)43)37(46-4)23-24-42-39)41(45)49-28(2)38(34-19-15-32(16-20-34)30-11-7-5-8-12-30)35-21-17-33(18-22-35)31-13-9-6-10-14-31/h5-24,27-28,38H,25-26H2,1-4H3/t27-,28+/m1/s1. The van der Waals surface area contributed by atoms with Gasteiger partial charge < -0.3 is 18.9 Å². The predicted molar refractivity (Wildman–Crippen MR) is 187 cm³/mol. The third-order valence-electron chi connectivity index (χ3n) is 8.24. The van der Waals surface area contributed by atoms with Crippen LogP contribution in [0.2, 0.25) is 0 Å². The highest BCUT2D eigenvalue weighted by molar-refractivity contribution is 5.99. The number of Topliss-reactive ketones (excluding diaryl/α,β-unsaturated/α-hetero) is 1. The van der Waals surface area contributed by atoms with E-state index in [1.54, 1.807) is 6.92 Å². The van der Waals surface area contributed by atoms with Crippen molar-refractivity contribution in [3.8, 4) is 33.8 Å². The van der Waals surface area contributed by atoms with E-state index in [1.165, 1.54) is 26.3 Å². The first kappa shape index (κ1) is 34.6. The van der Waals surface area contributed by atoms with Gasteiger partial charge in [0, 0.05) is 31.5 Å². The van der Waals surface area contributed by atoms with Crippen molar-refractivity contribution in [2.24, 2.45) is 5.92 Å². The van der Waals surface area contributed by atoms with Crippen molar-refractivity contribution in [3.05, 3.63) is 138 Å². The van der Waals surface area contributed by atoms with Gasteiger partial charge in [0.25, 0.3) is 0 Å². The van der Waals surface area contributed by atoms with Gasteiger partial charge in [-0.1, -0.05) is 116 Å². The number of methoxy groups -OCH3 is 1. The van der Waals surface area contributed by atoms with E-state index in [4.69, 9.17) is 18.9 Å². The zero-order valence-electron chi connectivity index (χ0n) is 28.0. The van der Waals surface area contributed by atoms with Crippen molar-refractivity contribution in [2.45, 2.75) is 39.2 Å². The van der Waals surface area contributed by atoms with Crippen LogP contribution < -0.4 is 9.47 Å². The quantitative estimate of drug-likeness (QED) is 0.0668. The molecule has 0 N–H and O–H groups in total. The Hall–Kier alpha value is -5.76. The van der Waals surface area contributed by atoms with Crippen molar-refractivity contribution >= 4 is 17.7 Å². The van der Waals surface area contributed by atoms with Crippen molar-refractivity contribution < 1.29 is 33.3 Å². The molecule has 5 rings (SSSR count). The summed E-state index contributed by atoms with van der Waals surface area (Å²) >= 11 is 0. The number of nitrogens with zero attached hydrogens (tertiary/aromatic N) is 1. The first-order valence-electron chi connectivity index (χ1n) is 16.1. The average molecular weight is 658 g/mol. The summed E-state index contributed by atoms with van der Waals surface area (Å²) in [7, 11) is 1.42. The highest BCUT2D eigenvalue weighted by Crippen LogP contribution is 2.34. The number of hydrogen-bond acceptors (Lipinski definition) is 8. The molecule has 0 saturated carbocycles. The van der Waals surface area contributed by atoms with Gasteiger partial charge in [0.2, 0.25) is 6.79 Å². The molecule has 0 fully saturated rings. The van der Waals surface area contributed by atoms with Gasteiger partial charge in [0.05, 0.1) is 13.0 Å². The molecule has 0 bridgehead atoms. The van der Waals surface area contributed by atoms with Gasteiger partial charge in [-0.15, -0.1) is 0 Å². The fraction of sp³-hybridized carbons (Fsp3) is 0.220. The van der Waals surface area contributed by atoms with E-state index in [2.05, 4.69) is 77.8 Å². The van der Waals surface area contributed by atoms with Gasteiger partial charge in [0.1, 0.15) is 6.10 Å². The molecular formula is C41H39NO7. The molecule has 49 heavy (non-hydrogen) atoms. The van der Waals surface area contributed by atoms with E-state index in [9.17, 15) is 14.4 Å². The largest absolute Gasteiger partial charge is 0.493 e. The molecule has 0 saturated heterocycles. The minimum Gasteiger partial charge on any atom is -0.493 e. The summed E-state index contributed by atoms with van der Waals surface area (Å²) in [5, 5.41) is 0. The van der Waals surface area contributed by atoms with E-state index in [0.717, 1.165) is 33.4 Å². The van der Waals surface area contributed by atoms with Crippen LogP contribution in [0.4, 0.5) is 0 Å². The van der Waals surface area contributed by atoms with Crippen molar-refractivity contribution in [1.29, 1.82) is 0 Å². The smallest absolute Gasteiger partial charge is 0.309 e. The molecule has 0 spiro atoms. The van der Waals surface area contributed by atoms with Crippen LogP contribution in [0, 0.1) is 5.92 Å². The predicted octanol–water partition coefficient (Wildman–Crippen LogP) is 8.30. The van der Waals surface area contributed by atoms with Crippen molar-refractivity contribution in [3.63, 3.8) is 0 Å². The Bertz CT molecular complexity index is 1770. The molecule has 0 amide bonds. The van der Waals surface area contributed by atoms with Crippen LogP contribution >= 0.6 is 0 Å². The van der Waals surface area contributed by atoms with Gasteiger partial charge >= 0.3 is 11.9 Å². The third kappa shape index (κ3) is 8.78. The first-order chi connectivity index (χ1) is 23.7. The normalized spacial score (nSPS) is 12.1. The number of ether oxygens (including phenoxy) is 4. The lowest BCUT2D eigenvalue weighted by atomic mass is 9.85. The molecule has 0 radical (unpaired) electrons. The molecule has 0 aliphatic rings. The molecule has 8 heteroatoms. The van der Waals surface area contributed by atoms with Gasteiger partial charge in [-0.3, -0.25) is 14.4 Å². The number of ketones is 1. The third-order valence-corrected chi connectivity index (χ3v) is 8.24. The second-order valence-corrected chi connectivity index (χ2v) is 11.7. The van der Waals surface area contributed by atoms with Crippen LogP contribution in [-0.4, -0.2) is 42.7 Å². The summed E-state index contributed by atoms with van der Waals surface area (Å²) in [5.41, 5.74) is 6.34. The number of hydrogen-bond donors (Lipinski definition) is 0. The molecular weight excluding hydrogens is 618 g/mol. The number of esters is 2. The van der Waals surface area contributed by atoms with Gasteiger partial charge in [0.15, 0.2) is 23.0 Å². The Balaban J connectivity index is 1.35. The number of carbonyl (C=O) groups excluding carboxylic acids is 3. The fourth-order valence-corrected chi connectivity index (χ4v) is 5.69. The van der Waals surface area contributed by atoms with Crippen molar-refractivity contribution in [1.82, 2.24) is 4.98 Å². The maximum absolute atomic E-state index is 13.5. The minimum absolute atomic E-state index is 0.0307. The lowest BCUT2D eigenvalue weighted by molar-refractivity contribution is -0.153. The maximum Gasteiger partial charge on any atom is 0.309 e. The Morgan fingerprint density at radius 1 is 0.694 bits per heavy atom. The minimum atomic E-state index is -0.786. The van der Waals surface area contributed by atoms with Crippen LogP contribution in [0.25, 0.3) is 22.3 Å². The van der Waals surface area contributed by atoms with Crippen LogP contribution in [-0.2, 0) is 19.1 Å². The van der Waals surface area contributed by atoms with Crippen LogP contribution in [0.15, 0.2) is 121 Å². The van der Waals surface area contributed by atoms with Crippen LogP contribution in [0.3, 0.4) is 0 Å². The topological polar surface area (TPSA) is 101 Å². The Morgan fingerprint density at radius 2 is 1.20 bits per heavy atom. The summed E-state index contributed by atoms with van der Waals surface area (Å²) in [6.07, 6.45) is 0.664. The molecule has 2 atom stereocenters.